The van der Waals surface area contributed by atoms with Gasteiger partial charge in [-0.1, -0.05) is 0 Å². The van der Waals surface area contributed by atoms with Crippen molar-refractivity contribution in [1.82, 2.24) is 0 Å². The molecular weight excluding hydrogens is 262 g/mol. The van der Waals surface area contributed by atoms with Crippen molar-refractivity contribution in [2.75, 3.05) is 6.61 Å². The molecule has 6 nitrogen and oxygen atoms in total. The van der Waals surface area contributed by atoms with E-state index in [4.69, 9.17) is 28.9 Å². The quantitative estimate of drug-likeness (QED) is 0.761. The summed E-state index contributed by atoms with van der Waals surface area (Å²) in [5.74, 6) is -1.26. The molecule has 3 aliphatic heterocycles. The minimum atomic E-state index is -0.653. The fraction of sp³-hybridized carbons (Fsp3) is 0.929. The second-order valence-corrected chi connectivity index (χ2v) is 6.43. The summed E-state index contributed by atoms with van der Waals surface area (Å²) in [4.78, 5) is 0. The summed E-state index contributed by atoms with van der Waals surface area (Å²) in [6, 6.07) is 2.14. The molecule has 0 radical (unpaired) electrons. The topological polar surface area (TPSA) is 69.9 Å². The predicted molar refractivity (Wildman–Crippen MR) is 67.6 cm³/mol. The van der Waals surface area contributed by atoms with Crippen molar-refractivity contribution in [3.8, 4) is 6.07 Å². The molecular formula is C14H21NO5. The van der Waals surface area contributed by atoms with Crippen LogP contribution in [0.4, 0.5) is 0 Å². The van der Waals surface area contributed by atoms with Crippen molar-refractivity contribution in [3.05, 3.63) is 0 Å². The Bertz CT molecular complexity index is 430. The molecule has 112 valence electrons. The van der Waals surface area contributed by atoms with E-state index in [1.807, 2.05) is 27.7 Å². The van der Waals surface area contributed by atoms with Crippen LogP contribution in [0, 0.1) is 11.3 Å². The summed E-state index contributed by atoms with van der Waals surface area (Å²) in [6.07, 6.45) is -0.883. The van der Waals surface area contributed by atoms with Crippen LogP contribution in [0.1, 0.15) is 34.1 Å². The molecule has 20 heavy (non-hydrogen) atoms. The molecule has 0 amide bonds. The van der Waals surface area contributed by atoms with Gasteiger partial charge in [-0.2, -0.15) is 5.26 Å². The van der Waals surface area contributed by atoms with Gasteiger partial charge in [-0.25, -0.2) is 0 Å². The van der Waals surface area contributed by atoms with E-state index in [2.05, 4.69) is 6.07 Å². The third-order valence-corrected chi connectivity index (χ3v) is 3.88. The Labute approximate surface area is 118 Å². The minimum Gasteiger partial charge on any atom is -0.365 e. The summed E-state index contributed by atoms with van der Waals surface area (Å²) >= 11 is 0. The number of hydrogen-bond acceptors (Lipinski definition) is 6. The van der Waals surface area contributed by atoms with Gasteiger partial charge in [-0.3, -0.25) is 0 Å². The van der Waals surface area contributed by atoms with E-state index >= 15 is 0 Å². The van der Waals surface area contributed by atoms with Gasteiger partial charge in [0, 0.05) is 0 Å². The Morgan fingerprint density at radius 2 is 1.70 bits per heavy atom. The van der Waals surface area contributed by atoms with Gasteiger partial charge in [-0.05, 0) is 27.7 Å². The molecule has 3 aliphatic rings. The van der Waals surface area contributed by atoms with Crippen LogP contribution in [0.2, 0.25) is 0 Å². The van der Waals surface area contributed by atoms with E-state index in [-0.39, 0.29) is 36.9 Å². The minimum absolute atomic E-state index is 0.196. The number of nitrogens with zero attached hydrogens (tertiary/aromatic N) is 1. The fourth-order valence-electron chi connectivity index (χ4n) is 3.15. The fourth-order valence-corrected chi connectivity index (χ4v) is 3.15. The Hall–Kier alpha value is -0.710. The van der Waals surface area contributed by atoms with Gasteiger partial charge in [0.25, 0.3) is 0 Å². The van der Waals surface area contributed by atoms with Crippen LogP contribution in [0.3, 0.4) is 0 Å². The summed E-state index contributed by atoms with van der Waals surface area (Å²) in [7, 11) is 0. The van der Waals surface area contributed by atoms with E-state index in [0.717, 1.165) is 0 Å². The van der Waals surface area contributed by atoms with Crippen molar-refractivity contribution in [2.24, 2.45) is 0 Å². The maximum Gasteiger partial charge on any atom is 0.164 e. The van der Waals surface area contributed by atoms with Crippen molar-refractivity contribution in [1.29, 1.82) is 5.26 Å². The summed E-state index contributed by atoms with van der Waals surface area (Å²) in [5.41, 5.74) is 0. The molecule has 0 aromatic rings. The molecule has 6 heteroatoms. The van der Waals surface area contributed by atoms with Gasteiger partial charge in [0.1, 0.15) is 30.5 Å². The van der Waals surface area contributed by atoms with E-state index in [1.165, 1.54) is 0 Å². The van der Waals surface area contributed by atoms with Crippen LogP contribution >= 0.6 is 0 Å². The van der Waals surface area contributed by atoms with Gasteiger partial charge in [0.2, 0.25) is 0 Å². The average molecular weight is 283 g/mol. The highest BCUT2D eigenvalue weighted by Gasteiger charge is 2.58. The predicted octanol–water partition coefficient (Wildman–Crippen LogP) is 1.34. The number of rotatable bonds is 2. The zero-order chi connectivity index (χ0) is 14.5. The molecule has 3 rings (SSSR count). The zero-order valence-electron chi connectivity index (χ0n) is 12.3. The molecule has 3 saturated heterocycles. The lowest BCUT2D eigenvalue weighted by molar-refractivity contribution is -0.205. The number of hydrogen-bond donors (Lipinski definition) is 0. The average Bonchev–Trinajstić information content (AvgIpc) is 2.92. The Balaban J connectivity index is 1.77. The first kappa shape index (κ1) is 14.2. The monoisotopic (exact) mass is 283 g/mol. The highest BCUT2D eigenvalue weighted by molar-refractivity contribution is 5.03. The Morgan fingerprint density at radius 3 is 2.30 bits per heavy atom. The van der Waals surface area contributed by atoms with Gasteiger partial charge < -0.3 is 23.7 Å². The van der Waals surface area contributed by atoms with Crippen LogP contribution in [0.25, 0.3) is 0 Å². The zero-order valence-corrected chi connectivity index (χ0v) is 12.3. The number of fused-ring (bicyclic) bond motifs is 1. The standard InChI is InChI=1S/C14H21NO5/c1-13(2)16-7-9(18-13)10-12-11(8(17-10)5-6-15)19-14(3,4)20-12/h8-12H,5,7H2,1-4H3/t8-,9+,10+,11+,12-/m0/s1. The van der Waals surface area contributed by atoms with Gasteiger partial charge in [-0.15, -0.1) is 0 Å². The normalized spacial score (nSPS) is 45.2. The maximum atomic E-state index is 8.93. The van der Waals surface area contributed by atoms with E-state index in [9.17, 15) is 0 Å². The first-order valence-electron chi connectivity index (χ1n) is 7.01. The molecule has 3 fully saturated rings. The highest BCUT2D eigenvalue weighted by atomic mass is 16.8. The first-order chi connectivity index (χ1) is 9.31. The van der Waals surface area contributed by atoms with Gasteiger partial charge >= 0.3 is 0 Å². The molecule has 0 aliphatic carbocycles. The molecule has 5 atom stereocenters. The lowest BCUT2D eigenvalue weighted by Crippen LogP contribution is -2.40. The molecule has 0 saturated carbocycles. The largest absolute Gasteiger partial charge is 0.365 e. The molecule has 0 N–H and O–H groups in total. The third kappa shape index (κ3) is 2.45. The second-order valence-electron chi connectivity index (χ2n) is 6.43. The second kappa shape index (κ2) is 4.65. The van der Waals surface area contributed by atoms with Gasteiger partial charge in [0.15, 0.2) is 11.6 Å². The summed E-state index contributed by atoms with van der Waals surface area (Å²) < 4.78 is 29.3. The third-order valence-electron chi connectivity index (χ3n) is 3.88. The van der Waals surface area contributed by atoms with Crippen LogP contribution in [0.5, 0.6) is 0 Å². The smallest absolute Gasteiger partial charge is 0.164 e. The van der Waals surface area contributed by atoms with E-state index in [1.54, 1.807) is 0 Å². The number of nitriles is 1. The van der Waals surface area contributed by atoms with Crippen molar-refractivity contribution in [2.45, 2.75) is 76.2 Å². The first-order valence-corrected chi connectivity index (χ1v) is 7.01. The van der Waals surface area contributed by atoms with Crippen molar-refractivity contribution in [3.63, 3.8) is 0 Å². The Morgan fingerprint density at radius 1 is 1.00 bits per heavy atom. The molecule has 0 unspecified atom stereocenters. The molecule has 0 spiro atoms. The SMILES string of the molecule is CC1(C)O[C@@H]2[C@H](O1)[C@H](CC#N)O[C@@H]2[C@H]1COC(C)(C)O1. The molecule has 0 bridgehead atoms. The van der Waals surface area contributed by atoms with Gasteiger partial charge in [0.05, 0.1) is 19.1 Å². The molecule has 0 aromatic carbocycles. The lowest BCUT2D eigenvalue weighted by Gasteiger charge is -2.26. The molecule has 0 aromatic heterocycles. The van der Waals surface area contributed by atoms with Crippen LogP contribution < -0.4 is 0 Å². The van der Waals surface area contributed by atoms with E-state index in [0.29, 0.717) is 6.61 Å². The van der Waals surface area contributed by atoms with Crippen molar-refractivity contribution < 1.29 is 23.7 Å². The van der Waals surface area contributed by atoms with E-state index < -0.39 is 11.6 Å². The summed E-state index contributed by atoms with van der Waals surface area (Å²) in [6.45, 7) is 7.97. The maximum absolute atomic E-state index is 8.93. The number of ether oxygens (including phenoxy) is 5. The highest BCUT2D eigenvalue weighted by Crippen LogP contribution is 2.42. The Kier molecular flexibility index (Phi) is 3.31. The summed E-state index contributed by atoms with van der Waals surface area (Å²) in [5, 5.41) is 8.93. The van der Waals surface area contributed by atoms with Crippen molar-refractivity contribution >= 4 is 0 Å². The molecule has 3 heterocycles. The van der Waals surface area contributed by atoms with Crippen LogP contribution in [0.15, 0.2) is 0 Å². The van der Waals surface area contributed by atoms with Crippen LogP contribution in [-0.4, -0.2) is 48.7 Å². The van der Waals surface area contributed by atoms with Crippen LogP contribution in [-0.2, 0) is 23.7 Å². The lowest BCUT2D eigenvalue weighted by atomic mass is 10.0.